The second-order valence-corrected chi connectivity index (χ2v) is 3.50. The molecule has 0 unspecified atom stereocenters. The zero-order valence-electron chi connectivity index (χ0n) is 7.82. The summed E-state index contributed by atoms with van der Waals surface area (Å²) in [5, 5.41) is 11.8. The van der Waals surface area contributed by atoms with Gasteiger partial charge in [-0.05, 0) is 6.42 Å². The predicted molar refractivity (Wildman–Crippen MR) is 58.8 cm³/mol. The Balaban J connectivity index is 0.00000169. The van der Waals surface area contributed by atoms with Crippen LogP contribution in [-0.2, 0) is 11.2 Å². The van der Waals surface area contributed by atoms with E-state index < -0.39 is 0 Å². The molecule has 0 atom stereocenters. The van der Waals surface area contributed by atoms with Crippen molar-refractivity contribution in [3.05, 3.63) is 5.01 Å². The number of hydrogen-bond acceptors (Lipinski definition) is 5. The first kappa shape index (κ1) is 13.3. The summed E-state index contributed by atoms with van der Waals surface area (Å²) < 4.78 is 0. The molecule has 0 fully saturated rings. The van der Waals surface area contributed by atoms with Crippen LogP contribution in [0.1, 0.15) is 18.4 Å². The van der Waals surface area contributed by atoms with Crippen LogP contribution in [0.2, 0.25) is 0 Å². The van der Waals surface area contributed by atoms with Crippen LogP contribution < -0.4 is 11.1 Å². The summed E-state index contributed by atoms with van der Waals surface area (Å²) in [6.45, 7) is 2.34. The third kappa shape index (κ3) is 3.99. The highest BCUT2D eigenvalue weighted by molar-refractivity contribution is 7.15. The average Bonchev–Trinajstić information content (AvgIpc) is 2.52. The number of carbonyl (C=O) groups excluding carboxylic acids is 1. The van der Waals surface area contributed by atoms with Gasteiger partial charge in [-0.2, -0.15) is 0 Å². The van der Waals surface area contributed by atoms with Gasteiger partial charge in [0.2, 0.25) is 11.0 Å². The number of aryl methyl sites for hydroxylation is 1. The second kappa shape index (κ2) is 6.69. The Morgan fingerprint density at radius 3 is 2.79 bits per heavy atom. The van der Waals surface area contributed by atoms with Crippen molar-refractivity contribution in [1.29, 1.82) is 0 Å². The van der Waals surface area contributed by atoms with Crippen LogP contribution in [0.5, 0.6) is 0 Å². The van der Waals surface area contributed by atoms with Crippen LogP contribution in [-0.4, -0.2) is 22.6 Å². The molecule has 0 aliphatic carbocycles. The third-order valence-electron chi connectivity index (χ3n) is 1.39. The molecule has 7 heteroatoms. The van der Waals surface area contributed by atoms with Gasteiger partial charge in [-0.3, -0.25) is 4.79 Å². The van der Waals surface area contributed by atoms with Crippen LogP contribution in [0.4, 0.5) is 5.13 Å². The predicted octanol–water partition coefficient (Wildman–Crippen LogP) is 0.810. The first-order valence-electron chi connectivity index (χ1n) is 4.08. The van der Waals surface area contributed by atoms with Crippen molar-refractivity contribution in [2.45, 2.75) is 19.8 Å². The fourth-order valence-corrected chi connectivity index (χ4v) is 1.46. The van der Waals surface area contributed by atoms with Gasteiger partial charge in [-0.15, -0.1) is 22.6 Å². The standard InChI is InChI=1S/C7H12N4OS.ClH/c1-2-6-10-11-7(13-6)9-5(12)3-4-8;/h2-4,8H2,1H3,(H,9,11,12);1H. The van der Waals surface area contributed by atoms with E-state index >= 15 is 0 Å². The van der Waals surface area contributed by atoms with E-state index in [2.05, 4.69) is 15.5 Å². The summed E-state index contributed by atoms with van der Waals surface area (Å²) in [6, 6.07) is 0. The number of nitrogens with zero attached hydrogens (tertiary/aromatic N) is 2. The summed E-state index contributed by atoms with van der Waals surface area (Å²) in [4.78, 5) is 11.1. The lowest BCUT2D eigenvalue weighted by atomic mass is 10.4. The molecule has 3 N–H and O–H groups in total. The quantitative estimate of drug-likeness (QED) is 0.811. The average molecular weight is 237 g/mol. The molecule has 0 bridgehead atoms. The van der Waals surface area contributed by atoms with Gasteiger partial charge in [-0.25, -0.2) is 0 Å². The number of aromatic nitrogens is 2. The number of anilines is 1. The van der Waals surface area contributed by atoms with E-state index in [0.717, 1.165) is 11.4 Å². The number of hydrogen-bond donors (Lipinski definition) is 2. The maximum Gasteiger partial charge on any atom is 0.227 e. The lowest BCUT2D eigenvalue weighted by molar-refractivity contribution is -0.116. The van der Waals surface area contributed by atoms with Gasteiger partial charge < -0.3 is 11.1 Å². The van der Waals surface area contributed by atoms with Crippen LogP contribution >= 0.6 is 23.7 Å². The first-order chi connectivity index (χ1) is 6.26. The van der Waals surface area contributed by atoms with Crippen molar-refractivity contribution in [1.82, 2.24) is 10.2 Å². The van der Waals surface area contributed by atoms with Crippen molar-refractivity contribution in [2.24, 2.45) is 5.73 Å². The summed E-state index contributed by atoms with van der Waals surface area (Å²) in [7, 11) is 0. The molecule has 5 nitrogen and oxygen atoms in total. The van der Waals surface area contributed by atoms with Gasteiger partial charge >= 0.3 is 0 Å². The van der Waals surface area contributed by atoms with E-state index in [-0.39, 0.29) is 18.3 Å². The number of carbonyl (C=O) groups is 1. The number of nitrogens with two attached hydrogens (primary N) is 1. The van der Waals surface area contributed by atoms with E-state index in [1.54, 1.807) is 0 Å². The molecule has 0 aliphatic rings. The minimum absolute atomic E-state index is 0. The van der Waals surface area contributed by atoms with Crippen molar-refractivity contribution in [3.63, 3.8) is 0 Å². The monoisotopic (exact) mass is 236 g/mol. The van der Waals surface area contributed by atoms with Gasteiger partial charge in [0.25, 0.3) is 0 Å². The Kier molecular flexibility index (Phi) is 6.35. The van der Waals surface area contributed by atoms with E-state index in [9.17, 15) is 4.79 Å². The SMILES string of the molecule is CCc1nnc(NC(=O)CCN)s1.Cl. The molecule has 1 rings (SSSR count). The zero-order valence-corrected chi connectivity index (χ0v) is 9.45. The van der Waals surface area contributed by atoms with E-state index in [1.807, 2.05) is 6.92 Å². The first-order valence-corrected chi connectivity index (χ1v) is 4.90. The van der Waals surface area contributed by atoms with Crippen molar-refractivity contribution >= 4 is 34.8 Å². The molecule has 1 heterocycles. The van der Waals surface area contributed by atoms with Gasteiger partial charge in [0.1, 0.15) is 5.01 Å². The van der Waals surface area contributed by atoms with Crippen LogP contribution in [0.15, 0.2) is 0 Å². The molecule has 0 spiro atoms. The molecule has 1 aromatic rings. The fourth-order valence-electron chi connectivity index (χ4n) is 0.760. The minimum atomic E-state index is -0.110. The number of amides is 1. The molecule has 0 saturated heterocycles. The van der Waals surface area contributed by atoms with Gasteiger partial charge in [-0.1, -0.05) is 18.3 Å². The highest BCUT2D eigenvalue weighted by atomic mass is 35.5. The van der Waals surface area contributed by atoms with Gasteiger partial charge in [0.05, 0.1) is 0 Å². The lowest BCUT2D eigenvalue weighted by Crippen LogP contribution is -2.15. The molecule has 0 aromatic carbocycles. The molecule has 80 valence electrons. The smallest absolute Gasteiger partial charge is 0.227 e. The molecular formula is C7H13ClN4OS. The maximum atomic E-state index is 11.1. The Labute approximate surface area is 92.5 Å². The molecule has 14 heavy (non-hydrogen) atoms. The highest BCUT2D eigenvalue weighted by Crippen LogP contribution is 2.15. The van der Waals surface area contributed by atoms with Crippen LogP contribution in [0.3, 0.4) is 0 Å². The maximum absolute atomic E-state index is 11.1. The van der Waals surface area contributed by atoms with Crippen molar-refractivity contribution < 1.29 is 4.79 Å². The van der Waals surface area contributed by atoms with E-state index in [1.165, 1.54) is 11.3 Å². The number of nitrogens with one attached hydrogen (secondary N) is 1. The van der Waals surface area contributed by atoms with Gasteiger partial charge in [0.15, 0.2) is 0 Å². The summed E-state index contributed by atoms with van der Waals surface area (Å²) >= 11 is 1.39. The molecule has 1 aromatic heterocycles. The lowest BCUT2D eigenvalue weighted by Gasteiger charge is -1.96. The summed E-state index contributed by atoms with van der Waals surface area (Å²) in [5.41, 5.74) is 5.22. The second-order valence-electron chi connectivity index (χ2n) is 2.44. The largest absolute Gasteiger partial charge is 0.330 e. The number of rotatable bonds is 4. The molecule has 0 saturated carbocycles. The Hall–Kier alpha value is -0.720. The topological polar surface area (TPSA) is 80.9 Å². The summed E-state index contributed by atoms with van der Waals surface area (Å²) in [6.07, 6.45) is 1.16. The Bertz CT molecular complexity index is 291. The van der Waals surface area contributed by atoms with E-state index in [0.29, 0.717) is 18.1 Å². The molecule has 0 radical (unpaired) electrons. The van der Waals surface area contributed by atoms with E-state index in [4.69, 9.17) is 5.73 Å². The summed E-state index contributed by atoms with van der Waals surface area (Å²) in [5.74, 6) is -0.110. The Morgan fingerprint density at radius 2 is 2.29 bits per heavy atom. The van der Waals surface area contributed by atoms with Gasteiger partial charge in [0, 0.05) is 13.0 Å². The molecular weight excluding hydrogens is 224 g/mol. The van der Waals surface area contributed by atoms with Crippen molar-refractivity contribution in [2.75, 3.05) is 11.9 Å². The Morgan fingerprint density at radius 1 is 1.57 bits per heavy atom. The fraction of sp³-hybridized carbons (Fsp3) is 0.571. The van der Waals surface area contributed by atoms with Crippen LogP contribution in [0.25, 0.3) is 0 Å². The normalized spacial score (nSPS) is 9.29. The minimum Gasteiger partial charge on any atom is -0.330 e. The third-order valence-corrected chi connectivity index (χ3v) is 2.37. The number of halogens is 1. The van der Waals surface area contributed by atoms with Crippen molar-refractivity contribution in [3.8, 4) is 0 Å². The molecule has 1 amide bonds. The highest BCUT2D eigenvalue weighted by Gasteiger charge is 2.05. The molecule has 0 aliphatic heterocycles. The van der Waals surface area contributed by atoms with Crippen LogP contribution in [0, 0.1) is 0 Å². The zero-order chi connectivity index (χ0) is 9.68.